The fourth-order valence-corrected chi connectivity index (χ4v) is 4.14. The van der Waals surface area contributed by atoms with Crippen LogP contribution >= 0.6 is 23.8 Å². The maximum absolute atomic E-state index is 12.5. The standard InChI is InChI=1S/C21H20ClN3O2S2/c22-19-8-4-5-9-20(19)25-29(26,27)18-12-10-17(11-13-18)24-21(28)23-15-14-16-6-2-1-3-7-16/h1-13,25H,14-15H2,(H2,23,24,28). The zero-order chi connectivity index (χ0) is 20.7. The minimum Gasteiger partial charge on any atom is -0.362 e. The van der Waals surface area contributed by atoms with Gasteiger partial charge in [-0.2, -0.15) is 0 Å². The van der Waals surface area contributed by atoms with Crippen LogP contribution in [0.15, 0.2) is 83.8 Å². The molecule has 3 N–H and O–H groups in total. The monoisotopic (exact) mass is 445 g/mol. The molecule has 0 radical (unpaired) electrons. The molecule has 0 aliphatic heterocycles. The van der Waals surface area contributed by atoms with Crippen LogP contribution in [0.4, 0.5) is 11.4 Å². The first-order valence-electron chi connectivity index (χ1n) is 8.90. The summed E-state index contributed by atoms with van der Waals surface area (Å²) in [4.78, 5) is 0.130. The Kier molecular flexibility index (Phi) is 7.09. The minimum atomic E-state index is -3.74. The molecule has 0 bridgehead atoms. The molecule has 0 aromatic heterocycles. The van der Waals surface area contributed by atoms with Crippen LogP contribution in [0.1, 0.15) is 5.56 Å². The van der Waals surface area contributed by atoms with E-state index in [1.807, 2.05) is 18.2 Å². The van der Waals surface area contributed by atoms with Gasteiger partial charge in [0.2, 0.25) is 0 Å². The number of hydrogen-bond donors (Lipinski definition) is 3. The second-order valence-electron chi connectivity index (χ2n) is 6.23. The van der Waals surface area contributed by atoms with E-state index in [-0.39, 0.29) is 4.90 Å². The molecule has 0 fully saturated rings. The van der Waals surface area contributed by atoms with Crippen LogP contribution in [0.2, 0.25) is 5.02 Å². The molecule has 150 valence electrons. The van der Waals surface area contributed by atoms with E-state index in [0.717, 1.165) is 6.42 Å². The average Bonchev–Trinajstić information content (AvgIpc) is 2.71. The van der Waals surface area contributed by atoms with Crippen molar-refractivity contribution in [3.8, 4) is 0 Å². The molecule has 5 nitrogen and oxygen atoms in total. The minimum absolute atomic E-state index is 0.130. The lowest BCUT2D eigenvalue weighted by Gasteiger charge is -2.12. The second-order valence-corrected chi connectivity index (χ2v) is 8.72. The van der Waals surface area contributed by atoms with Gasteiger partial charge in [-0.3, -0.25) is 4.72 Å². The number of para-hydroxylation sites is 1. The van der Waals surface area contributed by atoms with Gasteiger partial charge in [0.15, 0.2) is 5.11 Å². The summed E-state index contributed by atoms with van der Waals surface area (Å²) in [5.74, 6) is 0. The topological polar surface area (TPSA) is 70.2 Å². The summed E-state index contributed by atoms with van der Waals surface area (Å²) in [6.07, 6.45) is 0.855. The lowest BCUT2D eigenvalue weighted by molar-refractivity contribution is 0.601. The Morgan fingerprint density at radius 2 is 1.55 bits per heavy atom. The molecule has 0 saturated carbocycles. The van der Waals surface area contributed by atoms with Crippen molar-refractivity contribution in [2.75, 3.05) is 16.6 Å². The Balaban J connectivity index is 1.55. The maximum atomic E-state index is 12.5. The van der Waals surface area contributed by atoms with Crippen LogP contribution in [-0.2, 0) is 16.4 Å². The lowest BCUT2D eigenvalue weighted by atomic mass is 10.1. The van der Waals surface area contributed by atoms with E-state index in [1.165, 1.54) is 17.7 Å². The van der Waals surface area contributed by atoms with Crippen molar-refractivity contribution in [2.45, 2.75) is 11.3 Å². The molecule has 29 heavy (non-hydrogen) atoms. The maximum Gasteiger partial charge on any atom is 0.261 e. The SMILES string of the molecule is O=S(=O)(Nc1ccccc1Cl)c1ccc(NC(=S)NCCc2ccccc2)cc1. The highest BCUT2D eigenvalue weighted by Crippen LogP contribution is 2.24. The third-order valence-electron chi connectivity index (χ3n) is 4.08. The molecule has 0 amide bonds. The van der Waals surface area contributed by atoms with E-state index in [9.17, 15) is 8.42 Å². The highest BCUT2D eigenvalue weighted by molar-refractivity contribution is 7.92. The normalized spacial score (nSPS) is 10.9. The third-order valence-corrected chi connectivity index (χ3v) is 6.04. The van der Waals surface area contributed by atoms with Gasteiger partial charge in [-0.25, -0.2) is 8.42 Å². The smallest absolute Gasteiger partial charge is 0.261 e. The van der Waals surface area contributed by atoms with Gasteiger partial charge in [0, 0.05) is 12.2 Å². The molecule has 0 atom stereocenters. The second kappa shape index (κ2) is 9.73. The number of halogens is 1. The van der Waals surface area contributed by atoms with Crippen LogP contribution in [0.3, 0.4) is 0 Å². The Morgan fingerprint density at radius 3 is 2.24 bits per heavy atom. The first-order valence-corrected chi connectivity index (χ1v) is 11.2. The summed E-state index contributed by atoms with van der Waals surface area (Å²) < 4.78 is 27.6. The van der Waals surface area contributed by atoms with Crippen LogP contribution in [-0.4, -0.2) is 20.1 Å². The van der Waals surface area contributed by atoms with Gasteiger partial charge >= 0.3 is 0 Å². The fraction of sp³-hybridized carbons (Fsp3) is 0.0952. The number of benzene rings is 3. The van der Waals surface area contributed by atoms with Crippen LogP contribution in [0.5, 0.6) is 0 Å². The number of anilines is 2. The van der Waals surface area contributed by atoms with Gasteiger partial charge < -0.3 is 10.6 Å². The lowest BCUT2D eigenvalue weighted by Crippen LogP contribution is -2.30. The number of nitrogens with one attached hydrogen (secondary N) is 3. The van der Waals surface area contributed by atoms with Gasteiger partial charge in [-0.05, 0) is 60.6 Å². The Bertz CT molecular complexity index is 1070. The van der Waals surface area contributed by atoms with E-state index in [1.54, 1.807) is 36.4 Å². The Morgan fingerprint density at radius 1 is 0.897 bits per heavy atom. The van der Waals surface area contributed by atoms with Crippen molar-refractivity contribution in [3.05, 3.63) is 89.4 Å². The van der Waals surface area contributed by atoms with Crippen LogP contribution < -0.4 is 15.4 Å². The molecule has 8 heteroatoms. The van der Waals surface area contributed by atoms with Gasteiger partial charge in [-0.1, -0.05) is 54.1 Å². The zero-order valence-electron chi connectivity index (χ0n) is 15.4. The quantitative estimate of drug-likeness (QED) is 0.461. The highest BCUT2D eigenvalue weighted by Gasteiger charge is 2.15. The molecule has 3 aromatic rings. The molecular weight excluding hydrogens is 426 g/mol. The summed E-state index contributed by atoms with van der Waals surface area (Å²) in [5, 5.41) is 7.00. The molecule has 0 saturated heterocycles. The van der Waals surface area contributed by atoms with Crippen molar-refractivity contribution in [1.82, 2.24) is 5.32 Å². The van der Waals surface area contributed by atoms with Crippen molar-refractivity contribution < 1.29 is 8.42 Å². The van der Waals surface area contributed by atoms with Crippen LogP contribution in [0.25, 0.3) is 0 Å². The molecule has 3 aromatic carbocycles. The molecular formula is C21H20ClN3O2S2. The fourth-order valence-electron chi connectivity index (χ4n) is 2.61. The first-order chi connectivity index (χ1) is 13.9. The van der Waals surface area contributed by atoms with E-state index in [0.29, 0.717) is 28.1 Å². The van der Waals surface area contributed by atoms with Crippen molar-refractivity contribution >= 4 is 50.3 Å². The molecule has 0 aliphatic carbocycles. The average molecular weight is 446 g/mol. The summed E-state index contributed by atoms with van der Waals surface area (Å²) in [6, 6.07) is 23.1. The first kappa shape index (κ1) is 21.1. The molecule has 0 heterocycles. The predicted molar refractivity (Wildman–Crippen MR) is 123 cm³/mol. The van der Waals surface area contributed by atoms with Crippen LogP contribution in [0, 0.1) is 0 Å². The summed E-state index contributed by atoms with van der Waals surface area (Å²) in [6.45, 7) is 0.698. The Hall–Kier alpha value is -2.61. The summed E-state index contributed by atoms with van der Waals surface area (Å²) >= 11 is 11.3. The molecule has 0 unspecified atom stereocenters. The number of sulfonamides is 1. The summed E-state index contributed by atoms with van der Waals surface area (Å²) in [7, 11) is -3.74. The highest BCUT2D eigenvalue weighted by atomic mass is 35.5. The van der Waals surface area contributed by atoms with E-state index in [4.69, 9.17) is 23.8 Å². The largest absolute Gasteiger partial charge is 0.362 e. The van der Waals surface area contributed by atoms with Crippen molar-refractivity contribution in [3.63, 3.8) is 0 Å². The van der Waals surface area contributed by atoms with E-state index in [2.05, 4.69) is 27.5 Å². The van der Waals surface area contributed by atoms with Gasteiger partial charge in [0.25, 0.3) is 10.0 Å². The van der Waals surface area contributed by atoms with Gasteiger partial charge in [0.1, 0.15) is 0 Å². The van der Waals surface area contributed by atoms with Gasteiger partial charge in [-0.15, -0.1) is 0 Å². The number of rotatable bonds is 7. The van der Waals surface area contributed by atoms with Crippen molar-refractivity contribution in [2.24, 2.45) is 0 Å². The summed E-state index contributed by atoms with van der Waals surface area (Å²) in [5.41, 5.74) is 2.25. The van der Waals surface area contributed by atoms with Crippen molar-refractivity contribution in [1.29, 1.82) is 0 Å². The molecule has 3 rings (SSSR count). The van der Waals surface area contributed by atoms with Gasteiger partial charge in [0.05, 0.1) is 15.6 Å². The Labute approximate surface area is 181 Å². The van der Waals surface area contributed by atoms with E-state index < -0.39 is 10.0 Å². The van der Waals surface area contributed by atoms with E-state index >= 15 is 0 Å². The molecule has 0 spiro atoms. The molecule has 0 aliphatic rings. The number of hydrogen-bond acceptors (Lipinski definition) is 3. The third kappa shape index (κ3) is 6.19. The zero-order valence-corrected chi connectivity index (χ0v) is 17.8. The number of thiocarbonyl (C=S) groups is 1. The predicted octanol–water partition coefficient (Wildman–Crippen LogP) is 4.67.